The van der Waals surface area contributed by atoms with Gasteiger partial charge in [-0.1, -0.05) is 36.4 Å². The van der Waals surface area contributed by atoms with Crippen LogP contribution in [0.25, 0.3) is 11.1 Å². The summed E-state index contributed by atoms with van der Waals surface area (Å²) in [4.78, 5) is 28.5. The molecule has 2 atom stereocenters. The van der Waals surface area contributed by atoms with Gasteiger partial charge >= 0.3 is 12.1 Å². The predicted molar refractivity (Wildman–Crippen MR) is 126 cm³/mol. The Morgan fingerprint density at radius 1 is 1.11 bits per heavy atom. The number of piperidine rings is 1. The maximum Gasteiger partial charge on any atom is 0.492 e. The van der Waals surface area contributed by atoms with Crippen molar-refractivity contribution >= 4 is 21.9 Å². The van der Waals surface area contributed by atoms with Crippen molar-refractivity contribution in [3.63, 3.8) is 0 Å². The summed E-state index contributed by atoms with van der Waals surface area (Å²) in [5, 5.41) is 12.8. The van der Waals surface area contributed by atoms with E-state index in [0.717, 1.165) is 16.2 Å². The number of carbonyl (C=O) groups excluding carboxylic acids is 2. The van der Waals surface area contributed by atoms with Gasteiger partial charge in [0.05, 0.1) is 11.0 Å². The van der Waals surface area contributed by atoms with E-state index in [1.54, 1.807) is 36.4 Å². The predicted octanol–water partition coefficient (Wildman–Crippen LogP) is 2.69. The lowest BCUT2D eigenvalue weighted by Gasteiger charge is -2.33. The number of nitrogens with one attached hydrogen (secondary N) is 2. The highest BCUT2D eigenvalue weighted by atomic mass is 32.2. The molecule has 198 valence electrons. The number of nitrogens with zero attached hydrogens (tertiary/aromatic N) is 2. The number of hydroxylamine groups is 2. The lowest BCUT2D eigenvalue weighted by molar-refractivity contribution is -0.248. The molecule has 3 rings (SSSR count). The third kappa shape index (κ3) is 7.28. The first-order valence-corrected chi connectivity index (χ1v) is 12.8. The summed E-state index contributed by atoms with van der Waals surface area (Å²) in [6.45, 7) is -0.0273. The molecular formula is C24H25F3N4O5S. The van der Waals surface area contributed by atoms with E-state index in [1.807, 2.05) is 6.07 Å². The third-order valence-corrected chi connectivity index (χ3v) is 7.25. The van der Waals surface area contributed by atoms with Crippen molar-refractivity contribution in [1.82, 2.24) is 15.1 Å². The van der Waals surface area contributed by atoms with E-state index in [4.69, 9.17) is 0 Å². The molecule has 1 aliphatic rings. The highest BCUT2D eigenvalue weighted by Gasteiger charge is 2.44. The molecule has 2 aromatic carbocycles. The first-order valence-electron chi connectivity index (χ1n) is 11.3. The second-order valence-electron chi connectivity index (χ2n) is 8.35. The molecule has 0 unspecified atom stereocenters. The smallest absolute Gasteiger partial charge is 0.360 e. The zero-order valence-corrected chi connectivity index (χ0v) is 20.6. The minimum absolute atomic E-state index is 0.0273. The number of hydrogen-bond donors (Lipinski definition) is 2. The number of nitriles is 1. The third-order valence-electron chi connectivity index (χ3n) is 5.82. The molecule has 2 aromatic rings. The number of alkyl halides is 3. The van der Waals surface area contributed by atoms with Crippen molar-refractivity contribution in [1.29, 1.82) is 5.26 Å². The Kier molecular flexibility index (Phi) is 8.90. The number of rotatable bonds is 8. The molecule has 1 amide bonds. The van der Waals surface area contributed by atoms with E-state index in [2.05, 4.69) is 14.9 Å². The molecule has 2 N–H and O–H groups in total. The summed E-state index contributed by atoms with van der Waals surface area (Å²) in [6, 6.07) is 13.2. The Labute approximate surface area is 212 Å². The van der Waals surface area contributed by atoms with Crippen LogP contribution >= 0.6 is 0 Å². The van der Waals surface area contributed by atoms with E-state index in [-0.39, 0.29) is 24.3 Å². The molecule has 0 spiro atoms. The van der Waals surface area contributed by atoms with E-state index < -0.39 is 40.2 Å². The molecule has 1 heterocycles. The Bertz CT molecular complexity index is 1260. The fourth-order valence-electron chi connectivity index (χ4n) is 3.84. The molecule has 13 heteroatoms. The average Bonchev–Trinajstić information content (AvgIpc) is 2.88. The van der Waals surface area contributed by atoms with Crippen LogP contribution in [0.5, 0.6) is 0 Å². The van der Waals surface area contributed by atoms with Crippen LogP contribution in [-0.2, 0) is 30.9 Å². The van der Waals surface area contributed by atoms with Crippen LogP contribution in [0.2, 0.25) is 0 Å². The quantitative estimate of drug-likeness (QED) is 0.529. The minimum Gasteiger partial charge on any atom is -0.360 e. The first-order chi connectivity index (χ1) is 17.4. The Balaban J connectivity index is 1.63. The van der Waals surface area contributed by atoms with Crippen LogP contribution in [0, 0.1) is 11.3 Å². The lowest BCUT2D eigenvalue weighted by atomic mass is 10.00. The number of sulfonamides is 1. The van der Waals surface area contributed by atoms with Gasteiger partial charge in [-0.05, 0) is 55.1 Å². The molecule has 0 aromatic heterocycles. The number of hydrogen-bond acceptors (Lipinski definition) is 7. The Morgan fingerprint density at radius 2 is 1.70 bits per heavy atom. The van der Waals surface area contributed by atoms with Gasteiger partial charge in [0, 0.05) is 13.0 Å². The zero-order valence-electron chi connectivity index (χ0n) is 19.8. The number of carbonyl (C=O) groups is 2. The van der Waals surface area contributed by atoms with Crippen molar-refractivity contribution in [2.24, 2.45) is 0 Å². The van der Waals surface area contributed by atoms with Gasteiger partial charge in [0.2, 0.25) is 15.9 Å². The molecule has 9 nitrogen and oxygen atoms in total. The van der Waals surface area contributed by atoms with E-state index >= 15 is 0 Å². The largest absolute Gasteiger partial charge is 0.492 e. The molecule has 1 fully saturated rings. The lowest BCUT2D eigenvalue weighted by Crippen LogP contribution is -2.53. The number of benzene rings is 2. The topological polar surface area (TPSA) is 129 Å². The SMILES string of the molecule is CNS(=O)(=O)c1ccc(-c2ccc(C[C@@H](C#N)NC(=O)[C@@H]3CCCCN3OC(=O)C(F)(F)F)cc2)cc1. The Morgan fingerprint density at radius 3 is 2.24 bits per heavy atom. The summed E-state index contributed by atoms with van der Waals surface area (Å²) in [7, 11) is -2.22. The summed E-state index contributed by atoms with van der Waals surface area (Å²) in [5.41, 5.74) is 2.30. The summed E-state index contributed by atoms with van der Waals surface area (Å²) >= 11 is 0. The molecule has 0 bridgehead atoms. The van der Waals surface area contributed by atoms with Gasteiger partial charge in [0.1, 0.15) is 12.1 Å². The van der Waals surface area contributed by atoms with Crippen molar-refractivity contribution in [2.45, 2.75) is 48.8 Å². The van der Waals surface area contributed by atoms with E-state index in [0.29, 0.717) is 18.4 Å². The maximum atomic E-state index is 12.7. The number of halogens is 3. The first kappa shape index (κ1) is 28.1. The van der Waals surface area contributed by atoms with Crippen LogP contribution in [0.15, 0.2) is 53.4 Å². The normalized spacial score (nSPS) is 17.4. The molecule has 0 saturated carbocycles. The van der Waals surface area contributed by atoms with Crippen molar-refractivity contribution in [2.75, 3.05) is 13.6 Å². The average molecular weight is 539 g/mol. The molecule has 0 aliphatic carbocycles. The molecular weight excluding hydrogens is 513 g/mol. The molecule has 0 radical (unpaired) electrons. The van der Waals surface area contributed by atoms with Crippen LogP contribution in [0.1, 0.15) is 24.8 Å². The van der Waals surface area contributed by atoms with Crippen LogP contribution in [0.3, 0.4) is 0 Å². The summed E-state index contributed by atoms with van der Waals surface area (Å²) < 4.78 is 63.7. The highest BCUT2D eigenvalue weighted by Crippen LogP contribution is 2.24. The van der Waals surface area contributed by atoms with Crippen LogP contribution in [0.4, 0.5) is 13.2 Å². The van der Waals surface area contributed by atoms with Gasteiger partial charge in [0.15, 0.2) is 0 Å². The maximum absolute atomic E-state index is 12.7. The van der Waals surface area contributed by atoms with Crippen molar-refractivity contribution in [3.8, 4) is 17.2 Å². The van der Waals surface area contributed by atoms with Gasteiger partial charge in [-0.25, -0.2) is 17.9 Å². The summed E-state index contributed by atoms with van der Waals surface area (Å²) in [5.74, 6) is -3.10. The fraction of sp³-hybridized carbons (Fsp3) is 0.375. The van der Waals surface area contributed by atoms with Gasteiger partial charge < -0.3 is 10.2 Å². The molecule has 1 aliphatic heterocycles. The van der Waals surface area contributed by atoms with E-state index in [1.165, 1.54) is 19.2 Å². The van der Waals surface area contributed by atoms with Crippen molar-refractivity contribution < 1.29 is 36.0 Å². The van der Waals surface area contributed by atoms with Crippen LogP contribution in [-0.4, -0.2) is 57.2 Å². The Hall–Kier alpha value is -3.47. The molecule has 1 saturated heterocycles. The fourth-order valence-corrected chi connectivity index (χ4v) is 4.57. The summed E-state index contributed by atoms with van der Waals surface area (Å²) in [6.07, 6.45) is -3.86. The van der Waals surface area contributed by atoms with Gasteiger partial charge in [-0.2, -0.15) is 18.4 Å². The minimum atomic E-state index is -5.19. The highest BCUT2D eigenvalue weighted by molar-refractivity contribution is 7.89. The monoisotopic (exact) mass is 538 g/mol. The second-order valence-corrected chi connectivity index (χ2v) is 10.2. The van der Waals surface area contributed by atoms with Gasteiger partial charge in [-0.15, -0.1) is 5.06 Å². The second kappa shape index (κ2) is 11.7. The number of amides is 1. The van der Waals surface area contributed by atoms with Crippen LogP contribution < -0.4 is 10.0 Å². The van der Waals surface area contributed by atoms with Gasteiger partial charge in [0.25, 0.3) is 0 Å². The molecule has 37 heavy (non-hydrogen) atoms. The van der Waals surface area contributed by atoms with E-state index in [9.17, 15) is 36.4 Å². The standard InChI is InChI=1S/C24H25F3N4O5S/c1-29-37(34,35)20-11-9-18(10-12-20)17-7-5-16(6-8-17)14-19(15-28)30-22(32)21-4-2-3-13-31(21)36-23(33)24(25,26)27/h5-12,19,21,29H,2-4,13-14H2,1H3,(H,30,32)/t19-,21-/m0/s1. The zero-order chi connectivity index (χ0) is 27.2. The van der Waals surface area contributed by atoms with Crippen molar-refractivity contribution in [3.05, 3.63) is 54.1 Å². The van der Waals surface area contributed by atoms with Gasteiger partial charge in [-0.3, -0.25) is 4.79 Å².